The minimum atomic E-state index is -0.645. The fourth-order valence-electron chi connectivity index (χ4n) is 3.51. The highest BCUT2D eigenvalue weighted by Gasteiger charge is 2.57. The standard InChI is InChI=1S/C18H13N3O2S/c1-10-5-4-6-11(9-10)20-16(22)14-15(17(20)23)21-12-7-2-3-8-13(12)24-18(21)19-14/h2-9,14-15H,1H3/t14-,15+/m0/s1. The fourth-order valence-corrected chi connectivity index (χ4v) is 4.60. The average Bonchev–Trinajstić information content (AvgIpc) is 3.16. The van der Waals surface area contributed by atoms with Crippen molar-refractivity contribution in [2.24, 2.45) is 4.99 Å². The predicted molar refractivity (Wildman–Crippen MR) is 93.5 cm³/mol. The molecule has 3 aliphatic rings. The monoisotopic (exact) mass is 335 g/mol. The summed E-state index contributed by atoms with van der Waals surface area (Å²) in [6.45, 7) is 1.94. The van der Waals surface area contributed by atoms with Gasteiger partial charge in [0.15, 0.2) is 11.2 Å². The Morgan fingerprint density at radius 2 is 1.88 bits per heavy atom. The summed E-state index contributed by atoms with van der Waals surface area (Å²) in [5.41, 5.74) is 2.59. The van der Waals surface area contributed by atoms with E-state index in [9.17, 15) is 9.59 Å². The van der Waals surface area contributed by atoms with Crippen molar-refractivity contribution in [3.63, 3.8) is 0 Å². The summed E-state index contributed by atoms with van der Waals surface area (Å²) in [5.74, 6) is -0.442. The maximum absolute atomic E-state index is 13.0. The number of carbonyl (C=O) groups is 2. The molecule has 3 aliphatic heterocycles. The number of aliphatic imine (C=N–C) groups is 1. The second-order valence-corrected chi connectivity index (χ2v) is 7.10. The van der Waals surface area contributed by atoms with Gasteiger partial charge in [-0.05, 0) is 48.5 Å². The molecule has 0 bridgehead atoms. The number of benzene rings is 2. The van der Waals surface area contributed by atoms with E-state index in [4.69, 9.17) is 0 Å². The van der Waals surface area contributed by atoms with Crippen LogP contribution in [0, 0.1) is 6.92 Å². The molecule has 2 amide bonds. The van der Waals surface area contributed by atoms with Crippen molar-refractivity contribution in [2.45, 2.75) is 23.9 Å². The number of hydrogen-bond acceptors (Lipinski definition) is 5. The molecule has 3 heterocycles. The van der Waals surface area contributed by atoms with E-state index in [0.29, 0.717) is 5.69 Å². The van der Waals surface area contributed by atoms with E-state index in [1.807, 2.05) is 54.3 Å². The Morgan fingerprint density at radius 1 is 1.04 bits per heavy atom. The van der Waals surface area contributed by atoms with E-state index in [1.165, 1.54) is 16.7 Å². The van der Waals surface area contributed by atoms with Crippen molar-refractivity contribution < 1.29 is 9.59 Å². The van der Waals surface area contributed by atoms with Crippen molar-refractivity contribution in [3.05, 3.63) is 54.1 Å². The third-order valence-electron chi connectivity index (χ3n) is 4.57. The van der Waals surface area contributed by atoms with Gasteiger partial charge in [0.05, 0.1) is 11.4 Å². The lowest BCUT2D eigenvalue weighted by Crippen LogP contribution is -2.42. The predicted octanol–water partition coefficient (Wildman–Crippen LogP) is 2.59. The Balaban J connectivity index is 1.59. The van der Waals surface area contributed by atoms with Gasteiger partial charge in [-0.3, -0.25) is 9.59 Å². The third-order valence-corrected chi connectivity index (χ3v) is 5.62. The quantitative estimate of drug-likeness (QED) is 0.752. The van der Waals surface area contributed by atoms with E-state index in [2.05, 4.69) is 4.99 Å². The van der Waals surface area contributed by atoms with Crippen LogP contribution in [0.25, 0.3) is 0 Å². The van der Waals surface area contributed by atoms with Gasteiger partial charge in [-0.15, -0.1) is 0 Å². The van der Waals surface area contributed by atoms with E-state index >= 15 is 0 Å². The number of anilines is 2. The molecule has 0 aliphatic carbocycles. The van der Waals surface area contributed by atoms with Gasteiger partial charge >= 0.3 is 0 Å². The summed E-state index contributed by atoms with van der Waals surface area (Å²) >= 11 is 1.52. The van der Waals surface area contributed by atoms with Gasteiger partial charge in [-0.25, -0.2) is 9.89 Å². The van der Waals surface area contributed by atoms with Crippen LogP contribution < -0.4 is 9.80 Å². The smallest absolute Gasteiger partial charge is 0.261 e. The van der Waals surface area contributed by atoms with Gasteiger partial charge in [-0.2, -0.15) is 0 Å². The van der Waals surface area contributed by atoms with Crippen molar-refractivity contribution in [1.82, 2.24) is 0 Å². The Kier molecular flexibility index (Phi) is 2.71. The van der Waals surface area contributed by atoms with E-state index in [-0.39, 0.29) is 11.8 Å². The summed E-state index contributed by atoms with van der Waals surface area (Å²) in [5, 5.41) is 0.747. The Labute approximate surface area is 143 Å². The van der Waals surface area contributed by atoms with E-state index in [1.54, 1.807) is 6.07 Å². The molecule has 5 nitrogen and oxygen atoms in total. The van der Waals surface area contributed by atoms with Gasteiger partial charge in [0, 0.05) is 4.90 Å². The summed E-state index contributed by atoms with van der Waals surface area (Å²) in [4.78, 5) is 34.7. The molecule has 0 radical (unpaired) electrons. The fraction of sp³-hybridized carbons (Fsp3) is 0.167. The molecule has 1 saturated heterocycles. The number of rotatable bonds is 1. The molecule has 118 valence electrons. The number of nitrogens with zero attached hydrogens (tertiary/aromatic N) is 3. The number of amides is 2. The number of carbonyl (C=O) groups excluding carboxylic acids is 2. The molecule has 2 aromatic carbocycles. The molecule has 0 aromatic heterocycles. The van der Waals surface area contributed by atoms with Crippen LogP contribution >= 0.6 is 11.8 Å². The van der Waals surface area contributed by atoms with Crippen LogP contribution in [-0.2, 0) is 9.59 Å². The number of aryl methyl sites for hydroxylation is 1. The normalized spacial score (nSPS) is 24.1. The van der Waals surface area contributed by atoms with Crippen LogP contribution in [-0.4, -0.2) is 29.1 Å². The van der Waals surface area contributed by atoms with Crippen molar-refractivity contribution in [3.8, 4) is 0 Å². The van der Waals surface area contributed by atoms with Gasteiger partial charge in [0.2, 0.25) is 0 Å². The summed E-state index contributed by atoms with van der Waals surface area (Å²) < 4.78 is 0. The number of hydrogen-bond donors (Lipinski definition) is 0. The first-order valence-corrected chi connectivity index (χ1v) is 8.55. The lowest BCUT2D eigenvalue weighted by atomic mass is 10.1. The zero-order chi connectivity index (χ0) is 16.4. The third kappa shape index (κ3) is 1.69. The number of thioether (sulfide) groups is 1. The van der Waals surface area contributed by atoms with Gasteiger partial charge in [-0.1, -0.05) is 24.3 Å². The summed E-state index contributed by atoms with van der Waals surface area (Å²) in [7, 11) is 0. The first-order valence-electron chi connectivity index (χ1n) is 7.73. The Hall–Kier alpha value is -2.60. The van der Waals surface area contributed by atoms with E-state index in [0.717, 1.165) is 21.3 Å². The first-order chi connectivity index (χ1) is 11.6. The SMILES string of the molecule is Cc1cccc(N2C(=O)[C@H]3N=C4Sc5ccccc5N4[C@H]3C2=O)c1. The Morgan fingerprint density at radius 3 is 2.71 bits per heavy atom. The molecule has 0 spiro atoms. The zero-order valence-corrected chi connectivity index (χ0v) is 13.7. The van der Waals surface area contributed by atoms with Gasteiger partial charge < -0.3 is 4.90 Å². The molecule has 0 N–H and O–H groups in total. The highest BCUT2D eigenvalue weighted by Crippen LogP contribution is 2.47. The van der Waals surface area contributed by atoms with Crippen molar-refractivity contribution in [1.29, 1.82) is 0 Å². The maximum atomic E-state index is 13.0. The topological polar surface area (TPSA) is 53.0 Å². The summed E-state index contributed by atoms with van der Waals surface area (Å²) in [6.07, 6.45) is 0. The molecule has 5 rings (SSSR count). The highest BCUT2D eigenvalue weighted by molar-refractivity contribution is 8.14. The maximum Gasteiger partial charge on any atom is 0.261 e. The molecule has 0 saturated carbocycles. The minimum absolute atomic E-state index is 0.202. The first kappa shape index (κ1) is 13.8. The van der Waals surface area contributed by atoms with Crippen LogP contribution in [0.4, 0.5) is 11.4 Å². The van der Waals surface area contributed by atoms with Crippen molar-refractivity contribution in [2.75, 3.05) is 9.80 Å². The zero-order valence-electron chi connectivity index (χ0n) is 12.8. The molecule has 2 aromatic rings. The second kappa shape index (κ2) is 4.70. The minimum Gasteiger partial charge on any atom is -0.304 e. The van der Waals surface area contributed by atoms with Crippen LogP contribution in [0.5, 0.6) is 0 Å². The van der Waals surface area contributed by atoms with Gasteiger partial charge in [0.25, 0.3) is 11.8 Å². The highest BCUT2D eigenvalue weighted by atomic mass is 32.2. The average molecular weight is 335 g/mol. The van der Waals surface area contributed by atoms with Crippen LogP contribution in [0.15, 0.2) is 58.4 Å². The van der Waals surface area contributed by atoms with Crippen LogP contribution in [0.1, 0.15) is 5.56 Å². The molecule has 2 atom stereocenters. The number of para-hydroxylation sites is 1. The molecular weight excluding hydrogens is 322 g/mol. The number of amidine groups is 1. The number of imide groups is 1. The summed E-state index contributed by atoms with van der Waals surface area (Å²) in [6, 6.07) is 14.1. The second-order valence-electron chi connectivity index (χ2n) is 6.09. The van der Waals surface area contributed by atoms with Crippen LogP contribution in [0.2, 0.25) is 0 Å². The Bertz CT molecular complexity index is 939. The van der Waals surface area contributed by atoms with Crippen molar-refractivity contribution >= 4 is 40.1 Å². The lowest BCUT2D eigenvalue weighted by Gasteiger charge is -2.21. The van der Waals surface area contributed by atoms with E-state index < -0.39 is 12.1 Å². The molecular formula is C18H13N3O2S. The number of fused-ring (bicyclic) bond motifs is 5. The van der Waals surface area contributed by atoms with Crippen LogP contribution in [0.3, 0.4) is 0 Å². The molecule has 0 unspecified atom stereocenters. The van der Waals surface area contributed by atoms with Gasteiger partial charge in [0.1, 0.15) is 6.04 Å². The molecule has 6 heteroatoms. The lowest BCUT2D eigenvalue weighted by molar-refractivity contribution is -0.121. The largest absolute Gasteiger partial charge is 0.304 e. The molecule has 1 fully saturated rings. The molecule has 24 heavy (non-hydrogen) atoms.